The molecule has 0 bridgehead atoms. The molecule has 0 atom stereocenters. The fourth-order valence-electron chi connectivity index (χ4n) is 3.13. The molecular weight excluding hydrogens is 236 g/mol. The van der Waals surface area contributed by atoms with Gasteiger partial charge in [0.2, 0.25) is 0 Å². The number of aliphatic hydroxyl groups is 1. The van der Waals surface area contributed by atoms with Crippen LogP contribution in [0.2, 0.25) is 0 Å². The van der Waals surface area contributed by atoms with Crippen LogP contribution in [-0.4, -0.2) is 18.3 Å². The number of aryl methyl sites for hydroxylation is 2. The van der Waals surface area contributed by atoms with Crippen molar-refractivity contribution in [2.75, 3.05) is 13.2 Å². The molecule has 0 aliphatic heterocycles. The Morgan fingerprint density at radius 2 is 1.68 bits per heavy atom. The number of benzene rings is 1. The molecule has 1 aromatic rings. The Labute approximate surface area is 116 Å². The smallest absolute Gasteiger partial charge is 0.125 e. The number of hydrogen-bond donors (Lipinski definition) is 1. The molecule has 0 amide bonds. The molecule has 0 aromatic heterocycles. The molecule has 1 aliphatic carbocycles. The molecule has 0 saturated heterocycles. The van der Waals surface area contributed by atoms with Gasteiger partial charge in [0, 0.05) is 0 Å². The summed E-state index contributed by atoms with van der Waals surface area (Å²) in [7, 11) is 0. The lowest BCUT2D eigenvalue weighted by Gasteiger charge is -2.19. The quantitative estimate of drug-likeness (QED) is 0.844. The average molecular weight is 262 g/mol. The Bertz CT molecular complexity index is 381. The van der Waals surface area contributed by atoms with Gasteiger partial charge in [-0.2, -0.15) is 0 Å². The van der Waals surface area contributed by atoms with Gasteiger partial charge in [0.25, 0.3) is 0 Å². The Morgan fingerprint density at radius 1 is 1.11 bits per heavy atom. The van der Waals surface area contributed by atoms with E-state index in [-0.39, 0.29) is 6.61 Å². The minimum absolute atomic E-state index is 0.0800. The van der Waals surface area contributed by atoms with Crippen LogP contribution < -0.4 is 4.74 Å². The monoisotopic (exact) mass is 262 g/mol. The molecule has 1 N–H and O–H groups in total. The van der Waals surface area contributed by atoms with Crippen LogP contribution in [0.4, 0.5) is 0 Å². The zero-order valence-electron chi connectivity index (χ0n) is 12.2. The number of hydrogen-bond acceptors (Lipinski definition) is 2. The van der Waals surface area contributed by atoms with E-state index in [2.05, 4.69) is 26.0 Å². The van der Waals surface area contributed by atoms with Crippen LogP contribution in [0.1, 0.15) is 62.1 Å². The summed E-state index contributed by atoms with van der Waals surface area (Å²) in [4.78, 5) is 0. The number of aliphatic hydroxyl groups excluding tert-OH is 1. The van der Waals surface area contributed by atoms with E-state index in [4.69, 9.17) is 9.84 Å². The van der Waals surface area contributed by atoms with Crippen LogP contribution in [0.25, 0.3) is 0 Å². The fourth-order valence-corrected chi connectivity index (χ4v) is 3.13. The standard InChI is InChI=1S/C17H26O2/c1-3-13-11-16(15-7-5-6-8-15)12-14(4-2)17(13)19-10-9-18/h11-12,15,18H,3-10H2,1-2H3. The zero-order chi connectivity index (χ0) is 13.7. The van der Waals surface area contributed by atoms with Crippen LogP contribution in [0.5, 0.6) is 5.75 Å². The summed E-state index contributed by atoms with van der Waals surface area (Å²) in [5.41, 5.74) is 4.10. The topological polar surface area (TPSA) is 29.5 Å². The SMILES string of the molecule is CCc1cc(C2CCCC2)cc(CC)c1OCCO. The minimum Gasteiger partial charge on any atom is -0.491 e. The lowest BCUT2D eigenvalue weighted by molar-refractivity contribution is 0.199. The van der Waals surface area contributed by atoms with E-state index in [1.165, 1.54) is 42.4 Å². The van der Waals surface area contributed by atoms with Gasteiger partial charge in [-0.05, 0) is 48.3 Å². The van der Waals surface area contributed by atoms with Crippen molar-refractivity contribution in [2.45, 2.75) is 58.3 Å². The van der Waals surface area contributed by atoms with E-state index in [1.54, 1.807) is 0 Å². The highest BCUT2D eigenvalue weighted by molar-refractivity contribution is 5.46. The maximum Gasteiger partial charge on any atom is 0.125 e. The third kappa shape index (κ3) is 3.30. The molecule has 2 nitrogen and oxygen atoms in total. The molecule has 106 valence electrons. The van der Waals surface area contributed by atoms with Crippen LogP contribution in [0.3, 0.4) is 0 Å². The Kier molecular flexibility index (Phi) is 5.26. The van der Waals surface area contributed by atoms with Crippen molar-refractivity contribution < 1.29 is 9.84 Å². The first-order chi connectivity index (χ1) is 9.30. The van der Waals surface area contributed by atoms with Gasteiger partial charge in [-0.25, -0.2) is 0 Å². The van der Waals surface area contributed by atoms with Crippen LogP contribution in [0, 0.1) is 0 Å². The number of ether oxygens (including phenoxy) is 1. The molecule has 1 aliphatic rings. The lowest BCUT2D eigenvalue weighted by atomic mass is 9.91. The summed E-state index contributed by atoms with van der Waals surface area (Å²) in [5.74, 6) is 1.77. The Balaban J connectivity index is 2.32. The molecule has 2 heteroatoms. The van der Waals surface area contributed by atoms with Crippen molar-refractivity contribution in [2.24, 2.45) is 0 Å². The second kappa shape index (κ2) is 6.95. The van der Waals surface area contributed by atoms with Crippen molar-refractivity contribution >= 4 is 0 Å². The van der Waals surface area contributed by atoms with E-state index >= 15 is 0 Å². The summed E-state index contributed by atoms with van der Waals surface area (Å²) in [6, 6.07) is 4.67. The molecule has 0 heterocycles. The first-order valence-corrected chi connectivity index (χ1v) is 7.69. The van der Waals surface area contributed by atoms with Gasteiger partial charge in [0.05, 0.1) is 6.61 Å². The normalized spacial score (nSPS) is 15.9. The molecule has 1 aromatic carbocycles. The van der Waals surface area contributed by atoms with Gasteiger partial charge in [0.1, 0.15) is 12.4 Å². The largest absolute Gasteiger partial charge is 0.491 e. The number of rotatable bonds is 6. The van der Waals surface area contributed by atoms with Crippen LogP contribution >= 0.6 is 0 Å². The van der Waals surface area contributed by atoms with Gasteiger partial charge in [-0.15, -0.1) is 0 Å². The summed E-state index contributed by atoms with van der Waals surface area (Å²) in [5, 5.41) is 8.96. The second-order valence-electron chi connectivity index (χ2n) is 5.43. The van der Waals surface area contributed by atoms with Crippen LogP contribution in [0.15, 0.2) is 12.1 Å². The summed E-state index contributed by atoms with van der Waals surface area (Å²) in [6.07, 6.45) is 7.40. The Morgan fingerprint density at radius 3 is 2.16 bits per heavy atom. The third-order valence-electron chi connectivity index (χ3n) is 4.19. The molecule has 0 spiro atoms. The Hall–Kier alpha value is -1.02. The van der Waals surface area contributed by atoms with Crippen molar-refractivity contribution in [3.8, 4) is 5.75 Å². The van der Waals surface area contributed by atoms with Gasteiger partial charge >= 0.3 is 0 Å². The van der Waals surface area contributed by atoms with E-state index in [9.17, 15) is 0 Å². The molecule has 0 unspecified atom stereocenters. The molecule has 1 fully saturated rings. The van der Waals surface area contributed by atoms with E-state index in [0.29, 0.717) is 6.61 Å². The minimum atomic E-state index is 0.0800. The van der Waals surface area contributed by atoms with Gasteiger partial charge in [0.15, 0.2) is 0 Å². The second-order valence-corrected chi connectivity index (χ2v) is 5.43. The highest BCUT2D eigenvalue weighted by Crippen LogP contribution is 2.37. The molecule has 0 radical (unpaired) electrons. The van der Waals surface area contributed by atoms with Crippen molar-refractivity contribution in [1.82, 2.24) is 0 Å². The zero-order valence-corrected chi connectivity index (χ0v) is 12.2. The van der Waals surface area contributed by atoms with Crippen molar-refractivity contribution in [3.63, 3.8) is 0 Å². The highest BCUT2D eigenvalue weighted by Gasteiger charge is 2.20. The van der Waals surface area contributed by atoms with Crippen molar-refractivity contribution in [1.29, 1.82) is 0 Å². The summed E-state index contributed by atoms with van der Waals surface area (Å²) in [6.45, 7) is 4.83. The lowest BCUT2D eigenvalue weighted by Crippen LogP contribution is -2.07. The fraction of sp³-hybridized carbons (Fsp3) is 0.647. The maximum absolute atomic E-state index is 8.96. The molecule has 19 heavy (non-hydrogen) atoms. The van der Waals surface area contributed by atoms with Gasteiger partial charge < -0.3 is 9.84 Å². The molecule has 1 saturated carbocycles. The molecular formula is C17H26O2. The van der Waals surface area contributed by atoms with Gasteiger partial charge in [-0.3, -0.25) is 0 Å². The predicted molar refractivity (Wildman–Crippen MR) is 79.0 cm³/mol. The first kappa shape index (κ1) is 14.4. The van der Waals surface area contributed by atoms with E-state index in [1.807, 2.05) is 0 Å². The third-order valence-corrected chi connectivity index (χ3v) is 4.19. The predicted octanol–water partition coefficient (Wildman–Crippen LogP) is 3.84. The highest BCUT2D eigenvalue weighted by atomic mass is 16.5. The van der Waals surface area contributed by atoms with E-state index < -0.39 is 0 Å². The van der Waals surface area contributed by atoms with Gasteiger partial charge in [-0.1, -0.05) is 38.8 Å². The maximum atomic E-state index is 8.96. The van der Waals surface area contributed by atoms with E-state index in [0.717, 1.165) is 24.5 Å². The first-order valence-electron chi connectivity index (χ1n) is 7.69. The van der Waals surface area contributed by atoms with Crippen LogP contribution in [-0.2, 0) is 12.8 Å². The molecule has 2 rings (SSSR count). The summed E-state index contributed by atoms with van der Waals surface area (Å²) >= 11 is 0. The average Bonchev–Trinajstić information content (AvgIpc) is 2.98. The summed E-state index contributed by atoms with van der Waals surface area (Å²) < 4.78 is 5.77. The van der Waals surface area contributed by atoms with Crippen molar-refractivity contribution in [3.05, 3.63) is 28.8 Å².